The number of aliphatic carboxylic acids is 1. The van der Waals surface area contributed by atoms with Crippen LogP contribution in [0.3, 0.4) is 0 Å². The van der Waals surface area contributed by atoms with Gasteiger partial charge in [0.2, 0.25) is 0 Å². The number of rotatable bonds is 61. The molecule has 0 aromatic heterocycles. The number of likely N-dealkylation sites (N-methyl/N-ethyl adjacent to an activating group) is 1. The highest BCUT2D eigenvalue weighted by Gasteiger charge is 2.22. The van der Waals surface area contributed by atoms with Gasteiger partial charge in [0.1, 0.15) is 13.2 Å². The zero-order valence-corrected chi connectivity index (χ0v) is 55.8. The highest BCUT2D eigenvalue weighted by atomic mass is 16.7. The first-order valence-corrected chi connectivity index (χ1v) is 34.3. The molecule has 0 fully saturated rings. The fourth-order valence-electron chi connectivity index (χ4n) is 8.79. The Morgan fingerprint density at radius 3 is 0.920 bits per heavy atom. The smallest absolute Gasteiger partial charge is 0.306 e. The minimum atomic E-state index is -1.64. The monoisotopic (exact) mass is 1200 g/mol. The third-order valence-electron chi connectivity index (χ3n) is 14.0. The summed E-state index contributed by atoms with van der Waals surface area (Å²) in [7, 11) is 5.91. The predicted molar refractivity (Wildman–Crippen MR) is 370 cm³/mol. The van der Waals surface area contributed by atoms with E-state index in [4.69, 9.17) is 18.9 Å². The van der Waals surface area contributed by atoms with Crippen molar-refractivity contribution in [3.05, 3.63) is 170 Å². The zero-order valence-electron chi connectivity index (χ0n) is 55.8. The molecule has 2 unspecified atom stereocenters. The van der Waals surface area contributed by atoms with E-state index in [0.29, 0.717) is 17.4 Å². The van der Waals surface area contributed by atoms with Crippen molar-refractivity contribution in [1.82, 2.24) is 0 Å². The predicted octanol–water partition coefficient (Wildman–Crippen LogP) is 20.1. The molecular weight excluding hydrogens is 1080 g/mol. The lowest BCUT2D eigenvalue weighted by atomic mass is 10.0. The highest BCUT2D eigenvalue weighted by Crippen LogP contribution is 2.15. The molecule has 0 saturated carbocycles. The summed E-state index contributed by atoms with van der Waals surface area (Å²) in [5, 5.41) is 11.8. The van der Waals surface area contributed by atoms with E-state index in [1.165, 1.54) is 64.2 Å². The minimum absolute atomic E-state index is 0.136. The topological polar surface area (TPSA) is 111 Å². The van der Waals surface area contributed by atoms with Gasteiger partial charge in [0.15, 0.2) is 12.4 Å². The Labute approximate surface area is 533 Å². The number of carbonyl (C=O) groups is 3. The quantitative estimate of drug-likeness (QED) is 0.0195. The third-order valence-corrected chi connectivity index (χ3v) is 14.0. The van der Waals surface area contributed by atoms with Gasteiger partial charge in [-0.3, -0.25) is 9.59 Å². The number of hydrogen-bond donors (Lipinski definition) is 0. The van der Waals surface area contributed by atoms with Crippen molar-refractivity contribution in [2.45, 2.75) is 257 Å². The van der Waals surface area contributed by atoms with Gasteiger partial charge in [-0.25, -0.2) is 0 Å². The Balaban J connectivity index is 4.23. The first-order chi connectivity index (χ1) is 42.6. The molecule has 0 bridgehead atoms. The molecule has 0 aromatic carbocycles. The largest absolute Gasteiger partial charge is 0.545 e. The molecule has 0 radical (unpaired) electrons. The summed E-state index contributed by atoms with van der Waals surface area (Å²) in [5.74, 6) is -2.32. The van der Waals surface area contributed by atoms with Gasteiger partial charge >= 0.3 is 11.9 Å². The molecule has 0 spiro atoms. The van der Waals surface area contributed by atoms with E-state index in [9.17, 15) is 19.5 Å². The van der Waals surface area contributed by atoms with Gasteiger partial charge in [0.05, 0.1) is 40.3 Å². The fraction of sp³-hybridized carbons (Fsp3) is 0.603. The van der Waals surface area contributed by atoms with Gasteiger partial charge in [-0.1, -0.05) is 274 Å². The maximum absolute atomic E-state index is 12.9. The standard InChI is InChI=1S/C78H125NO8/c1-6-8-10-12-14-16-18-20-22-24-26-28-30-32-34-36-37-38-39-41-43-45-47-49-51-53-55-57-59-61-63-65-67-69-76(81)87-74(73-86-78(77(82)83)84-71-70-79(3,4)5)72-85-75(80)68-66-64-62-60-58-56-54-52-50-48-46-44-42-40-35-33-31-29-27-25-23-21-19-17-15-13-11-9-7-2/h8-11,14-17,20-23,26-29,32-35,37-38,41-44,48,50,74,78H,6-7,12-13,18-19,24-25,30-31,36,39-40,45-47,49,51-73H2,1-5H3/b10-8-,11-9-,16-14-,17-15-,22-20-,23-21-,28-26-,29-27-,34-32-,35-33-,38-37-,43-41-,44-42-,50-48-. The lowest BCUT2D eigenvalue weighted by molar-refractivity contribution is -0.870. The van der Waals surface area contributed by atoms with Crippen LogP contribution in [-0.4, -0.2) is 82.3 Å². The Hall–Kier alpha value is -5.35. The van der Waals surface area contributed by atoms with E-state index in [-0.39, 0.29) is 38.6 Å². The highest BCUT2D eigenvalue weighted by molar-refractivity contribution is 5.70. The van der Waals surface area contributed by atoms with Crippen LogP contribution >= 0.6 is 0 Å². The second kappa shape index (κ2) is 66.6. The summed E-state index contributed by atoms with van der Waals surface area (Å²) in [6.45, 7) is 4.49. The fourth-order valence-corrected chi connectivity index (χ4v) is 8.79. The summed E-state index contributed by atoms with van der Waals surface area (Å²) in [6.07, 6.45) is 97.0. The minimum Gasteiger partial charge on any atom is -0.545 e. The lowest BCUT2D eigenvalue weighted by Crippen LogP contribution is -2.44. The number of esters is 2. The molecule has 0 N–H and O–H groups in total. The van der Waals surface area contributed by atoms with Crippen molar-refractivity contribution in [2.75, 3.05) is 47.5 Å². The molecular formula is C78H125NO8. The zero-order chi connectivity index (χ0) is 63.3. The van der Waals surface area contributed by atoms with Crippen LogP contribution in [0.2, 0.25) is 0 Å². The Morgan fingerprint density at radius 1 is 0.345 bits per heavy atom. The molecule has 0 amide bonds. The molecule has 0 saturated heterocycles. The first kappa shape index (κ1) is 81.7. The molecule has 0 aliphatic heterocycles. The molecule has 9 nitrogen and oxygen atoms in total. The Morgan fingerprint density at radius 2 is 0.621 bits per heavy atom. The number of allylic oxidation sites excluding steroid dienone is 28. The van der Waals surface area contributed by atoms with E-state index in [0.717, 1.165) is 148 Å². The van der Waals surface area contributed by atoms with E-state index < -0.39 is 24.3 Å². The van der Waals surface area contributed by atoms with Crippen molar-refractivity contribution >= 4 is 17.9 Å². The van der Waals surface area contributed by atoms with Crippen LogP contribution in [0.1, 0.15) is 245 Å². The van der Waals surface area contributed by atoms with Crippen molar-refractivity contribution in [3.63, 3.8) is 0 Å². The van der Waals surface area contributed by atoms with E-state index >= 15 is 0 Å². The maximum atomic E-state index is 12.9. The molecule has 9 heteroatoms. The number of unbranched alkanes of at least 4 members (excludes halogenated alkanes) is 18. The first-order valence-electron chi connectivity index (χ1n) is 34.3. The van der Waals surface area contributed by atoms with Crippen molar-refractivity contribution in [3.8, 4) is 0 Å². The van der Waals surface area contributed by atoms with Crippen LogP contribution < -0.4 is 5.11 Å². The molecule has 0 aromatic rings. The van der Waals surface area contributed by atoms with Gasteiger partial charge in [-0.15, -0.1) is 0 Å². The number of ether oxygens (including phenoxy) is 4. The number of carboxylic acids is 1. The Kier molecular flexibility index (Phi) is 62.5. The summed E-state index contributed by atoms with van der Waals surface area (Å²) < 4.78 is 22.8. The summed E-state index contributed by atoms with van der Waals surface area (Å²) in [5.41, 5.74) is 0. The second-order valence-electron chi connectivity index (χ2n) is 23.3. The average Bonchev–Trinajstić information content (AvgIpc) is 3.59. The van der Waals surface area contributed by atoms with Gasteiger partial charge < -0.3 is 33.3 Å². The summed E-state index contributed by atoms with van der Waals surface area (Å²) in [6, 6.07) is 0. The molecule has 0 aliphatic carbocycles. The van der Waals surface area contributed by atoms with Crippen LogP contribution in [0.5, 0.6) is 0 Å². The normalized spacial score (nSPS) is 13.8. The number of carbonyl (C=O) groups excluding carboxylic acids is 3. The molecule has 0 aliphatic rings. The van der Waals surface area contributed by atoms with Crippen LogP contribution in [-0.2, 0) is 33.3 Å². The molecule has 87 heavy (non-hydrogen) atoms. The van der Waals surface area contributed by atoms with Crippen LogP contribution in [0.25, 0.3) is 0 Å². The summed E-state index contributed by atoms with van der Waals surface area (Å²) >= 11 is 0. The van der Waals surface area contributed by atoms with Gasteiger partial charge in [-0.2, -0.15) is 0 Å². The van der Waals surface area contributed by atoms with E-state index in [1.807, 2.05) is 21.1 Å². The van der Waals surface area contributed by atoms with Gasteiger partial charge in [0, 0.05) is 12.8 Å². The lowest BCUT2D eigenvalue weighted by Gasteiger charge is -2.26. The van der Waals surface area contributed by atoms with Crippen LogP contribution in [0.15, 0.2) is 170 Å². The SMILES string of the molecule is CC/C=C\C/C=C\C/C=C\C/C=C\C/C=C\C/C=C\C/C=C\CCCCCCCCCCCCCC(=O)OC(COC(=O)CCCCCCCCC/C=C\C/C=C\C/C=C\C/C=C\C/C=C\C/C=C\C/C=C\CC)COC(OCC[N+](C)(C)C)C(=O)[O-]. The molecule has 0 rings (SSSR count). The molecule has 490 valence electrons. The van der Waals surface area contributed by atoms with Crippen LogP contribution in [0.4, 0.5) is 0 Å². The number of quaternary nitrogens is 1. The Bertz CT molecular complexity index is 2030. The summed E-state index contributed by atoms with van der Waals surface area (Å²) in [4.78, 5) is 37.5. The second-order valence-corrected chi connectivity index (χ2v) is 23.3. The van der Waals surface area contributed by atoms with Crippen molar-refractivity contribution < 1.29 is 42.9 Å². The maximum Gasteiger partial charge on any atom is 0.306 e. The molecule has 0 heterocycles. The van der Waals surface area contributed by atoms with Crippen LogP contribution in [0, 0.1) is 0 Å². The van der Waals surface area contributed by atoms with E-state index in [1.54, 1.807) is 0 Å². The van der Waals surface area contributed by atoms with Crippen molar-refractivity contribution in [1.29, 1.82) is 0 Å². The third kappa shape index (κ3) is 68.0. The van der Waals surface area contributed by atoms with Gasteiger partial charge in [0.25, 0.3) is 0 Å². The van der Waals surface area contributed by atoms with Gasteiger partial charge in [-0.05, 0) is 128 Å². The molecule has 2 atom stereocenters. The number of nitrogens with zero attached hydrogens (tertiary/aromatic N) is 1. The average molecular weight is 1200 g/mol. The number of hydrogen-bond acceptors (Lipinski definition) is 8. The number of carboxylic acid groups (broad SMARTS) is 1. The van der Waals surface area contributed by atoms with Crippen molar-refractivity contribution in [2.24, 2.45) is 0 Å². The van der Waals surface area contributed by atoms with E-state index in [2.05, 4.69) is 184 Å².